The second-order valence-corrected chi connectivity index (χ2v) is 9.01. The van der Waals surface area contributed by atoms with Crippen LogP contribution in [0.25, 0.3) is 11.8 Å². The highest BCUT2D eigenvalue weighted by Crippen LogP contribution is 2.39. The Morgan fingerprint density at radius 1 is 0.972 bits per heavy atom. The summed E-state index contributed by atoms with van der Waals surface area (Å²) in [7, 11) is 0. The van der Waals surface area contributed by atoms with Crippen molar-refractivity contribution < 1.29 is 14.6 Å². The lowest BCUT2D eigenvalue weighted by molar-refractivity contribution is -0.394. The molecule has 36 heavy (non-hydrogen) atoms. The van der Waals surface area contributed by atoms with E-state index in [1.54, 1.807) is 26.8 Å². The van der Waals surface area contributed by atoms with Gasteiger partial charge >= 0.3 is 5.69 Å². The first-order valence-electron chi connectivity index (χ1n) is 10.2. The predicted molar refractivity (Wildman–Crippen MR) is 136 cm³/mol. The molecule has 0 unspecified atom stereocenters. The minimum atomic E-state index is -0.717. The third-order valence-corrected chi connectivity index (χ3v) is 6.28. The summed E-state index contributed by atoms with van der Waals surface area (Å²) in [6.07, 6.45) is 1.57. The van der Waals surface area contributed by atoms with Crippen LogP contribution in [0.15, 0.2) is 41.0 Å². The van der Waals surface area contributed by atoms with Crippen LogP contribution in [0.5, 0.6) is 0 Å². The molecule has 0 fully saturated rings. The molecule has 0 saturated heterocycles. The summed E-state index contributed by atoms with van der Waals surface area (Å²) in [5.41, 5.74) is 1.40. The zero-order valence-corrected chi connectivity index (χ0v) is 21.1. The zero-order valence-electron chi connectivity index (χ0n) is 18.8. The van der Waals surface area contributed by atoms with Crippen molar-refractivity contribution in [2.45, 2.75) is 20.8 Å². The van der Waals surface area contributed by atoms with E-state index >= 15 is 0 Å². The predicted octanol–water partition coefficient (Wildman–Crippen LogP) is 6.07. The number of amides is 1. The lowest BCUT2D eigenvalue weighted by Gasteiger charge is -2.15. The third-order valence-electron chi connectivity index (χ3n) is 5.49. The van der Waals surface area contributed by atoms with Crippen LogP contribution in [0.1, 0.15) is 23.9 Å². The molecule has 184 valence electrons. The highest BCUT2D eigenvalue weighted by Gasteiger charge is 2.32. The van der Waals surface area contributed by atoms with E-state index in [1.165, 1.54) is 22.9 Å². The van der Waals surface area contributed by atoms with Gasteiger partial charge in [0.05, 0.1) is 42.9 Å². The number of halogens is 3. The lowest BCUT2D eigenvalue weighted by Crippen LogP contribution is -2.22. The molecule has 0 spiro atoms. The molecule has 4 rings (SSSR count). The highest BCUT2D eigenvalue weighted by atomic mass is 35.5. The van der Waals surface area contributed by atoms with Gasteiger partial charge in [0, 0.05) is 22.3 Å². The molecule has 2 heterocycles. The summed E-state index contributed by atoms with van der Waals surface area (Å²) in [5, 5.41) is 33.0. The Kier molecular flexibility index (Phi) is 6.56. The van der Waals surface area contributed by atoms with Gasteiger partial charge in [-0.1, -0.05) is 34.8 Å². The van der Waals surface area contributed by atoms with Gasteiger partial charge in [0.1, 0.15) is 11.4 Å². The van der Waals surface area contributed by atoms with Crippen LogP contribution in [0.3, 0.4) is 0 Å². The first-order chi connectivity index (χ1) is 16.9. The maximum absolute atomic E-state index is 13.3. The Morgan fingerprint density at radius 3 is 2.19 bits per heavy atom. The number of hydrogen-bond donors (Lipinski definition) is 0. The van der Waals surface area contributed by atoms with Crippen LogP contribution < -0.4 is 5.01 Å². The second-order valence-electron chi connectivity index (χ2n) is 7.76. The van der Waals surface area contributed by atoms with Crippen molar-refractivity contribution >= 4 is 69.6 Å². The molecule has 0 atom stereocenters. The summed E-state index contributed by atoms with van der Waals surface area (Å²) in [4.78, 5) is 34.5. The van der Waals surface area contributed by atoms with Crippen molar-refractivity contribution in [2.24, 2.45) is 5.10 Å². The summed E-state index contributed by atoms with van der Waals surface area (Å²) in [6.45, 7) is 4.97. The number of carbonyl (C=O) groups is 1. The van der Waals surface area contributed by atoms with Crippen LogP contribution in [-0.4, -0.2) is 31.2 Å². The topological polar surface area (TPSA) is 137 Å². The molecule has 1 aromatic heterocycles. The quantitative estimate of drug-likeness (QED) is 0.215. The van der Waals surface area contributed by atoms with Crippen molar-refractivity contribution in [3.63, 3.8) is 0 Å². The molecule has 0 saturated carbocycles. The van der Waals surface area contributed by atoms with Gasteiger partial charge in [-0.2, -0.15) is 15.2 Å². The van der Waals surface area contributed by atoms with Gasteiger partial charge in [-0.3, -0.25) is 25.0 Å². The van der Waals surface area contributed by atoms with E-state index in [4.69, 9.17) is 34.8 Å². The van der Waals surface area contributed by atoms with E-state index in [-0.39, 0.29) is 27.0 Å². The first kappa shape index (κ1) is 25.3. The molecule has 1 amide bonds. The molecule has 0 bridgehead atoms. The van der Waals surface area contributed by atoms with E-state index in [9.17, 15) is 25.0 Å². The lowest BCUT2D eigenvalue weighted by atomic mass is 10.1. The average Bonchev–Trinajstić information content (AvgIpc) is 3.22. The molecular weight excluding hydrogens is 535 g/mol. The van der Waals surface area contributed by atoms with Crippen molar-refractivity contribution in [1.82, 2.24) is 9.78 Å². The van der Waals surface area contributed by atoms with E-state index in [0.717, 1.165) is 17.1 Å². The molecule has 1 aliphatic heterocycles. The number of nitrogens with zero attached hydrogens (tertiary/aromatic N) is 6. The number of non-ortho nitro benzene ring substituents is 1. The van der Waals surface area contributed by atoms with Crippen LogP contribution >= 0.6 is 34.8 Å². The van der Waals surface area contributed by atoms with Crippen LogP contribution in [-0.2, 0) is 4.79 Å². The maximum Gasteiger partial charge on any atom is 0.301 e. The van der Waals surface area contributed by atoms with Gasteiger partial charge in [-0.05, 0) is 45.0 Å². The van der Waals surface area contributed by atoms with Gasteiger partial charge in [-0.15, -0.1) is 0 Å². The fraction of sp³-hybridized carbons (Fsp3) is 0.136. The zero-order chi connectivity index (χ0) is 26.5. The molecule has 11 nitrogen and oxygen atoms in total. The van der Waals surface area contributed by atoms with Crippen molar-refractivity contribution in [1.29, 1.82) is 0 Å². The van der Waals surface area contributed by atoms with E-state index < -0.39 is 27.1 Å². The number of aromatic nitrogens is 2. The highest BCUT2D eigenvalue weighted by molar-refractivity contribution is 6.44. The number of nitro groups is 2. The molecular formula is C22H15Cl3N6O5. The third kappa shape index (κ3) is 4.32. The van der Waals surface area contributed by atoms with E-state index in [2.05, 4.69) is 10.2 Å². The van der Waals surface area contributed by atoms with Crippen LogP contribution in [0, 0.1) is 34.1 Å². The molecule has 0 N–H and O–H groups in total. The van der Waals surface area contributed by atoms with Crippen molar-refractivity contribution in [3.8, 4) is 5.69 Å². The largest absolute Gasteiger partial charge is 0.301 e. The Morgan fingerprint density at radius 2 is 1.61 bits per heavy atom. The standard InChI is InChI=1S/C22H15Cl3N6O5/c1-10-15(12(3)28(26-10)19-5-4-14(30(33)34)8-20(19)31(35)36)9-16-11(2)27-29(22(16)32)21-17(24)6-13(23)7-18(21)25/h4-9H,1-3H3/b16-9+. The summed E-state index contributed by atoms with van der Waals surface area (Å²) in [6, 6.07) is 6.18. The van der Waals surface area contributed by atoms with Gasteiger partial charge in [0.15, 0.2) is 0 Å². The molecule has 14 heteroatoms. The SMILES string of the molecule is CC1=NN(c2c(Cl)cc(Cl)cc2Cl)C(=O)/C1=C/c1c(C)nn(-c2ccc([N+](=O)[O-])cc2[N+](=O)[O-])c1C. The average molecular weight is 550 g/mol. The molecule has 0 radical (unpaired) electrons. The number of hydrazone groups is 1. The van der Waals surface area contributed by atoms with Crippen molar-refractivity contribution in [2.75, 3.05) is 5.01 Å². The number of aryl methyl sites for hydroxylation is 1. The van der Waals surface area contributed by atoms with Gasteiger partial charge in [0.25, 0.3) is 11.6 Å². The molecule has 1 aliphatic rings. The number of hydrogen-bond acceptors (Lipinski definition) is 7. The summed E-state index contributed by atoms with van der Waals surface area (Å²) >= 11 is 18.5. The molecule has 2 aromatic carbocycles. The van der Waals surface area contributed by atoms with Crippen molar-refractivity contribution in [3.05, 3.63) is 88.2 Å². The van der Waals surface area contributed by atoms with E-state index in [0.29, 0.717) is 27.7 Å². The van der Waals surface area contributed by atoms with Crippen LogP contribution in [0.4, 0.5) is 17.1 Å². The van der Waals surface area contributed by atoms with Gasteiger partial charge in [-0.25, -0.2) is 4.68 Å². The van der Waals surface area contributed by atoms with Gasteiger partial charge < -0.3 is 0 Å². The Hall–Kier alpha value is -3.80. The smallest absolute Gasteiger partial charge is 0.267 e. The van der Waals surface area contributed by atoms with E-state index in [1.807, 2.05) is 0 Å². The Labute approximate surface area is 218 Å². The summed E-state index contributed by atoms with van der Waals surface area (Å²) in [5.74, 6) is -0.494. The number of benzene rings is 2. The number of rotatable bonds is 5. The fourth-order valence-corrected chi connectivity index (χ4v) is 4.74. The Balaban J connectivity index is 1.79. The maximum atomic E-state index is 13.3. The number of anilines is 1. The minimum Gasteiger partial charge on any atom is -0.267 e. The monoisotopic (exact) mass is 548 g/mol. The molecule has 0 aliphatic carbocycles. The summed E-state index contributed by atoms with van der Waals surface area (Å²) < 4.78 is 1.31. The second kappa shape index (κ2) is 9.34. The number of carbonyl (C=O) groups excluding carboxylic acids is 1. The number of nitro benzene ring substituents is 2. The minimum absolute atomic E-state index is 0.0420. The Bertz CT molecular complexity index is 1520. The molecule has 3 aromatic rings. The first-order valence-corrected chi connectivity index (χ1v) is 11.3. The van der Waals surface area contributed by atoms with Gasteiger partial charge in [0.2, 0.25) is 0 Å². The van der Waals surface area contributed by atoms with Crippen LogP contribution in [0.2, 0.25) is 15.1 Å². The fourth-order valence-electron chi connectivity index (χ4n) is 3.77. The normalized spacial score (nSPS) is 14.5.